The minimum Gasteiger partial charge on any atom is -0.493 e. The molecule has 1 heterocycles. The summed E-state index contributed by atoms with van der Waals surface area (Å²) in [6.45, 7) is 1.19. The maximum Gasteiger partial charge on any atom is 0.175 e. The third kappa shape index (κ3) is 4.91. The molecule has 6 heteroatoms. The zero-order valence-electron chi connectivity index (χ0n) is 13.6. The first-order valence-corrected chi connectivity index (χ1v) is 9.72. The number of thiophene rings is 1. The van der Waals surface area contributed by atoms with E-state index in [9.17, 15) is 0 Å². The van der Waals surface area contributed by atoms with E-state index in [1.807, 2.05) is 47.8 Å². The molecule has 3 nitrogen and oxygen atoms in total. The van der Waals surface area contributed by atoms with Crippen LogP contribution in [0.1, 0.15) is 10.4 Å². The summed E-state index contributed by atoms with van der Waals surface area (Å²) < 4.78 is 12.3. The van der Waals surface area contributed by atoms with Gasteiger partial charge in [-0.1, -0.05) is 17.7 Å². The van der Waals surface area contributed by atoms with Gasteiger partial charge >= 0.3 is 0 Å². The van der Waals surface area contributed by atoms with E-state index in [0.29, 0.717) is 24.7 Å². The van der Waals surface area contributed by atoms with Crippen LogP contribution in [-0.2, 0) is 13.2 Å². The lowest BCUT2D eigenvalue weighted by Crippen LogP contribution is -2.02. The van der Waals surface area contributed by atoms with Crippen molar-refractivity contribution in [3.8, 4) is 11.5 Å². The van der Waals surface area contributed by atoms with Crippen molar-refractivity contribution in [1.29, 1.82) is 0 Å². The molecule has 0 saturated carbocycles. The van der Waals surface area contributed by atoms with E-state index in [-0.39, 0.29) is 0 Å². The Labute approximate surface area is 164 Å². The fourth-order valence-corrected chi connectivity index (χ4v) is 3.67. The maximum atomic E-state index is 5.94. The van der Waals surface area contributed by atoms with Crippen LogP contribution in [0.3, 0.4) is 0 Å². The van der Waals surface area contributed by atoms with Gasteiger partial charge in [0.05, 0.1) is 11.6 Å². The largest absolute Gasteiger partial charge is 0.493 e. The van der Waals surface area contributed by atoms with Gasteiger partial charge in [-0.2, -0.15) is 0 Å². The number of benzene rings is 2. The molecule has 0 radical (unpaired) electrons. The molecule has 0 saturated heterocycles. The number of methoxy groups -OCH3 is 1. The minimum absolute atomic E-state index is 0.523. The lowest BCUT2D eigenvalue weighted by atomic mass is 10.2. The zero-order chi connectivity index (χ0) is 17.6. The van der Waals surface area contributed by atoms with Gasteiger partial charge in [-0.25, -0.2) is 0 Å². The first-order chi connectivity index (χ1) is 12.2. The standard InChI is InChI=1S/C19H17BrClNO2S/c1-23-18-10-13(11-22-15-6-4-14(21)5-7-15)9-17(20)19(18)24-12-16-3-2-8-25-16/h2-10,22H,11-12H2,1H3. The van der Waals surface area contributed by atoms with Gasteiger partial charge in [-0.15, -0.1) is 11.3 Å². The molecular formula is C19H17BrClNO2S. The molecule has 0 aliphatic carbocycles. The Morgan fingerprint density at radius 3 is 2.64 bits per heavy atom. The first-order valence-electron chi connectivity index (χ1n) is 7.67. The van der Waals surface area contributed by atoms with Crippen LogP contribution in [-0.4, -0.2) is 7.11 Å². The van der Waals surface area contributed by atoms with Crippen LogP contribution in [0.4, 0.5) is 5.69 Å². The number of rotatable bonds is 7. The van der Waals surface area contributed by atoms with E-state index in [1.54, 1.807) is 18.4 Å². The van der Waals surface area contributed by atoms with Crippen LogP contribution >= 0.6 is 38.9 Å². The number of ether oxygens (including phenoxy) is 2. The summed E-state index contributed by atoms with van der Waals surface area (Å²) in [4.78, 5) is 1.17. The van der Waals surface area contributed by atoms with E-state index in [2.05, 4.69) is 27.3 Å². The Morgan fingerprint density at radius 2 is 1.96 bits per heavy atom. The highest BCUT2D eigenvalue weighted by Gasteiger charge is 2.12. The Bertz CT molecular complexity index is 822. The van der Waals surface area contributed by atoms with Crippen molar-refractivity contribution in [2.24, 2.45) is 0 Å². The average Bonchev–Trinajstić information content (AvgIpc) is 3.13. The molecule has 0 unspecified atom stereocenters. The maximum absolute atomic E-state index is 5.94. The Hall–Kier alpha value is -1.69. The molecule has 0 fully saturated rings. The Balaban J connectivity index is 1.70. The summed E-state index contributed by atoms with van der Waals surface area (Å²) in [7, 11) is 1.65. The second kappa shape index (κ2) is 8.61. The summed E-state index contributed by atoms with van der Waals surface area (Å²) >= 11 is 11.2. The molecule has 1 aromatic heterocycles. The highest BCUT2D eigenvalue weighted by Crippen LogP contribution is 2.37. The summed E-state index contributed by atoms with van der Waals surface area (Å²) in [6.07, 6.45) is 0. The quantitative estimate of drug-likeness (QED) is 0.465. The SMILES string of the molecule is COc1cc(CNc2ccc(Cl)cc2)cc(Br)c1OCc1cccs1. The van der Waals surface area contributed by atoms with Crippen molar-refractivity contribution in [2.75, 3.05) is 12.4 Å². The van der Waals surface area contributed by atoms with Gasteiger partial charge < -0.3 is 14.8 Å². The molecule has 130 valence electrons. The topological polar surface area (TPSA) is 30.5 Å². The summed E-state index contributed by atoms with van der Waals surface area (Å²) in [6, 6.07) is 15.7. The van der Waals surface area contributed by atoms with E-state index >= 15 is 0 Å². The predicted octanol–water partition coefficient (Wildman–Crippen LogP) is 6.36. The fourth-order valence-electron chi connectivity index (χ4n) is 2.33. The zero-order valence-corrected chi connectivity index (χ0v) is 16.7. The van der Waals surface area contributed by atoms with Crippen molar-refractivity contribution in [1.82, 2.24) is 0 Å². The van der Waals surface area contributed by atoms with Gasteiger partial charge in [0.2, 0.25) is 0 Å². The van der Waals surface area contributed by atoms with Gasteiger partial charge in [0.1, 0.15) is 6.61 Å². The Kier molecular flexibility index (Phi) is 6.24. The smallest absolute Gasteiger partial charge is 0.175 e. The van der Waals surface area contributed by atoms with E-state index in [4.69, 9.17) is 21.1 Å². The minimum atomic E-state index is 0.523. The van der Waals surface area contributed by atoms with Crippen LogP contribution in [0.25, 0.3) is 0 Å². The number of anilines is 1. The van der Waals surface area contributed by atoms with E-state index < -0.39 is 0 Å². The van der Waals surface area contributed by atoms with Crippen LogP contribution in [0.2, 0.25) is 5.02 Å². The molecule has 1 N–H and O–H groups in total. The lowest BCUT2D eigenvalue weighted by molar-refractivity contribution is 0.285. The van der Waals surface area contributed by atoms with Crippen LogP contribution < -0.4 is 14.8 Å². The van der Waals surface area contributed by atoms with Gasteiger partial charge in [-0.3, -0.25) is 0 Å². The highest BCUT2D eigenvalue weighted by molar-refractivity contribution is 9.10. The molecular weight excluding hydrogens is 422 g/mol. The fraction of sp³-hybridized carbons (Fsp3) is 0.158. The molecule has 3 aromatic rings. The van der Waals surface area contributed by atoms with Crippen molar-refractivity contribution in [3.05, 3.63) is 73.8 Å². The second-order valence-electron chi connectivity index (χ2n) is 5.34. The number of hydrogen-bond acceptors (Lipinski definition) is 4. The molecule has 25 heavy (non-hydrogen) atoms. The van der Waals surface area contributed by atoms with Crippen molar-refractivity contribution >= 4 is 44.6 Å². The molecule has 0 bridgehead atoms. The Morgan fingerprint density at radius 1 is 1.16 bits per heavy atom. The monoisotopic (exact) mass is 437 g/mol. The van der Waals surface area contributed by atoms with E-state index in [1.165, 1.54) is 4.88 Å². The lowest BCUT2D eigenvalue weighted by Gasteiger charge is -2.15. The predicted molar refractivity (Wildman–Crippen MR) is 108 cm³/mol. The van der Waals surface area contributed by atoms with Crippen molar-refractivity contribution in [2.45, 2.75) is 13.2 Å². The molecule has 0 amide bonds. The summed E-state index contributed by atoms with van der Waals surface area (Å²) in [5, 5.41) is 6.13. The third-order valence-corrected chi connectivity index (χ3v) is 5.26. The molecule has 0 spiro atoms. The second-order valence-corrected chi connectivity index (χ2v) is 7.66. The number of halogens is 2. The molecule has 2 aromatic carbocycles. The highest BCUT2D eigenvalue weighted by atomic mass is 79.9. The molecule has 0 aliphatic rings. The van der Waals surface area contributed by atoms with Gasteiger partial charge in [0.25, 0.3) is 0 Å². The molecule has 3 rings (SSSR count). The van der Waals surface area contributed by atoms with Crippen LogP contribution in [0.5, 0.6) is 11.5 Å². The number of hydrogen-bond donors (Lipinski definition) is 1. The van der Waals surface area contributed by atoms with Crippen molar-refractivity contribution < 1.29 is 9.47 Å². The van der Waals surface area contributed by atoms with Gasteiger partial charge in [-0.05, 0) is 69.3 Å². The summed E-state index contributed by atoms with van der Waals surface area (Å²) in [5.74, 6) is 1.42. The molecule has 0 atom stereocenters. The van der Waals surface area contributed by atoms with Gasteiger partial charge in [0, 0.05) is 22.1 Å². The van der Waals surface area contributed by atoms with Crippen LogP contribution in [0, 0.1) is 0 Å². The van der Waals surface area contributed by atoms with Gasteiger partial charge in [0.15, 0.2) is 11.5 Å². The summed E-state index contributed by atoms with van der Waals surface area (Å²) in [5.41, 5.74) is 2.10. The number of nitrogens with one attached hydrogen (secondary N) is 1. The third-order valence-electron chi connectivity index (χ3n) is 3.57. The van der Waals surface area contributed by atoms with Crippen molar-refractivity contribution in [3.63, 3.8) is 0 Å². The average molecular weight is 439 g/mol. The first kappa shape index (κ1) is 18.1. The molecule has 0 aliphatic heterocycles. The normalized spacial score (nSPS) is 10.5. The van der Waals surface area contributed by atoms with Crippen LogP contribution in [0.15, 0.2) is 58.4 Å². The van der Waals surface area contributed by atoms with E-state index in [0.717, 1.165) is 20.7 Å².